The quantitative estimate of drug-likeness (QED) is 0.895. The summed E-state index contributed by atoms with van der Waals surface area (Å²) in [6, 6.07) is 3.38. The first-order chi connectivity index (χ1) is 8.47. The lowest BCUT2D eigenvalue weighted by Gasteiger charge is -2.41. The molecule has 1 unspecified atom stereocenters. The Kier molecular flexibility index (Phi) is 3.61. The molecular weight excluding hydrogens is 240 g/mol. The van der Waals surface area contributed by atoms with Gasteiger partial charge in [0.25, 0.3) is 0 Å². The van der Waals surface area contributed by atoms with Crippen LogP contribution < -0.4 is 0 Å². The minimum atomic E-state index is -0.809. The molecular formula is C13H15F2NO2. The molecule has 1 aromatic rings. The molecule has 18 heavy (non-hydrogen) atoms. The van der Waals surface area contributed by atoms with Crippen molar-refractivity contribution in [3.8, 4) is 0 Å². The normalized spacial score (nSPS) is 18.4. The summed E-state index contributed by atoms with van der Waals surface area (Å²) in [7, 11) is 0. The summed E-state index contributed by atoms with van der Waals surface area (Å²) >= 11 is 0. The van der Waals surface area contributed by atoms with Crippen LogP contribution in [0, 0.1) is 23.5 Å². The molecule has 1 aliphatic heterocycles. The van der Waals surface area contributed by atoms with Gasteiger partial charge in [-0.15, -0.1) is 0 Å². The van der Waals surface area contributed by atoms with E-state index < -0.39 is 23.5 Å². The van der Waals surface area contributed by atoms with Gasteiger partial charge < -0.3 is 5.11 Å². The number of rotatable bonds is 4. The second-order valence-electron chi connectivity index (χ2n) is 4.82. The van der Waals surface area contributed by atoms with E-state index in [-0.39, 0.29) is 5.92 Å². The van der Waals surface area contributed by atoms with Crippen molar-refractivity contribution in [2.75, 3.05) is 13.1 Å². The minimum Gasteiger partial charge on any atom is -0.481 e. The summed E-state index contributed by atoms with van der Waals surface area (Å²) in [4.78, 5) is 12.7. The Balaban J connectivity index is 1.90. The van der Waals surface area contributed by atoms with Gasteiger partial charge in [-0.2, -0.15) is 0 Å². The lowest BCUT2D eigenvalue weighted by Crippen LogP contribution is -2.50. The van der Waals surface area contributed by atoms with Crippen molar-refractivity contribution >= 4 is 5.97 Å². The molecule has 1 N–H and O–H groups in total. The first-order valence-electron chi connectivity index (χ1n) is 5.86. The third-order valence-electron chi connectivity index (χ3n) is 3.48. The first kappa shape index (κ1) is 13.0. The number of benzene rings is 1. The number of halogens is 2. The first-order valence-corrected chi connectivity index (χ1v) is 5.86. The maximum atomic E-state index is 13.4. The van der Waals surface area contributed by atoms with Crippen molar-refractivity contribution in [3.05, 3.63) is 35.4 Å². The zero-order chi connectivity index (χ0) is 13.3. The molecule has 0 amide bonds. The average molecular weight is 255 g/mol. The molecule has 1 fully saturated rings. The summed E-state index contributed by atoms with van der Waals surface area (Å²) in [5.41, 5.74) is 0.316. The Morgan fingerprint density at radius 3 is 2.78 bits per heavy atom. The fraction of sp³-hybridized carbons (Fsp3) is 0.462. The number of carbonyl (C=O) groups is 1. The van der Waals surface area contributed by atoms with Crippen LogP contribution in [0.2, 0.25) is 0 Å². The predicted octanol–water partition coefficient (Wildman–Crippen LogP) is 2.12. The summed E-state index contributed by atoms with van der Waals surface area (Å²) in [5.74, 6) is -1.98. The Hall–Kier alpha value is -1.49. The van der Waals surface area contributed by atoms with Crippen LogP contribution in [0.1, 0.15) is 12.5 Å². The zero-order valence-electron chi connectivity index (χ0n) is 10.1. The molecule has 5 heteroatoms. The average Bonchev–Trinajstić information content (AvgIpc) is 2.26. The number of carboxylic acids is 1. The number of hydrogen-bond acceptors (Lipinski definition) is 2. The Bertz CT molecular complexity index is 458. The zero-order valence-corrected chi connectivity index (χ0v) is 10.1. The van der Waals surface area contributed by atoms with Crippen LogP contribution in [0.5, 0.6) is 0 Å². The molecule has 1 aliphatic rings. The summed E-state index contributed by atoms with van der Waals surface area (Å²) in [6.45, 7) is 3.23. The van der Waals surface area contributed by atoms with Crippen LogP contribution in [0.25, 0.3) is 0 Å². The van der Waals surface area contributed by atoms with E-state index in [9.17, 15) is 13.6 Å². The van der Waals surface area contributed by atoms with E-state index in [2.05, 4.69) is 0 Å². The highest BCUT2D eigenvalue weighted by molar-refractivity contribution is 5.70. The van der Waals surface area contributed by atoms with E-state index in [1.54, 1.807) is 6.92 Å². The van der Waals surface area contributed by atoms with Gasteiger partial charge in [0.05, 0.1) is 5.92 Å². The number of likely N-dealkylation sites (tertiary alicyclic amines) is 1. The third-order valence-corrected chi connectivity index (χ3v) is 3.48. The van der Waals surface area contributed by atoms with Crippen molar-refractivity contribution in [3.63, 3.8) is 0 Å². The molecule has 0 bridgehead atoms. The van der Waals surface area contributed by atoms with Crippen molar-refractivity contribution in [1.82, 2.24) is 4.90 Å². The minimum absolute atomic E-state index is 0.0964. The second-order valence-corrected chi connectivity index (χ2v) is 4.82. The summed E-state index contributed by atoms with van der Waals surface area (Å²) < 4.78 is 26.4. The topological polar surface area (TPSA) is 40.5 Å². The largest absolute Gasteiger partial charge is 0.481 e. The standard InChI is InChI=1S/C13H15F2NO2/c1-8(13(17)18)10-6-16(7-10)5-9-4-11(14)2-3-12(9)15/h2-4,8,10H,5-7H2,1H3,(H,17,18). The third kappa shape index (κ3) is 2.67. The lowest BCUT2D eigenvalue weighted by atomic mass is 9.87. The van der Waals surface area contributed by atoms with Gasteiger partial charge >= 0.3 is 5.97 Å². The van der Waals surface area contributed by atoms with Crippen LogP contribution in [0.15, 0.2) is 18.2 Å². The number of carboxylic acid groups (broad SMARTS) is 1. The molecule has 98 valence electrons. The van der Waals surface area contributed by atoms with Crippen LogP contribution in [-0.2, 0) is 11.3 Å². The van der Waals surface area contributed by atoms with Crippen LogP contribution >= 0.6 is 0 Å². The molecule has 0 radical (unpaired) electrons. The number of aliphatic carboxylic acids is 1. The van der Waals surface area contributed by atoms with Crippen molar-refractivity contribution < 1.29 is 18.7 Å². The summed E-state index contributed by atoms with van der Waals surface area (Å²) in [5, 5.41) is 8.85. The smallest absolute Gasteiger partial charge is 0.306 e. The van der Waals surface area contributed by atoms with E-state index in [0.717, 1.165) is 12.1 Å². The van der Waals surface area contributed by atoms with E-state index in [1.165, 1.54) is 6.07 Å². The highest BCUT2D eigenvalue weighted by Crippen LogP contribution is 2.26. The number of nitrogens with zero attached hydrogens (tertiary/aromatic N) is 1. The fourth-order valence-corrected chi connectivity index (χ4v) is 2.16. The van der Waals surface area contributed by atoms with Crippen molar-refractivity contribution in [2.45, 2.75) is 13.5 Å². The molecule has 3 nitrogen and oxygen atoms in total. The molecule has 1 saturated heterocycles. The maximum Gasteiger partial charge on any atom is 0.306 e. The number of hydrogen-bond donors (Lipinski definition) is 1. The van der Waals surface area contributed by atoms with E-state index in [0.29, 0.717) is 25.2 Å². The molecule has 1 aromatic carbocycles. The van der Waals surface area contributed by atoms with Gasteiger partial charge in [-0.05, 0) is 24.1 Å². The van der Waals surface area contributed by atoms with Gasteiger partial charge in [-0.25, -0.2) is 8.78 Å². The molecule has 1 heterocycles. The Morgan fingerprint density at radius 2 is 2.17 bits per heavy atom. The van der Waals surface area contributed by atoms with E-state index in [1.807, 2.05) is 4.90 Å². The maximum absolute atomic E-state index is 13.4. The van der Waals surface area contributed by atoms with Crippen LogP contribution in [-0.4, -0.2) is 29.1 Å². The summed E-state index contributed by atoms with van der Waals surface area (Å²) in [6.07, 6.45) is 0. The molecule has 0 aromatic heterocycles. The van der Waals surface area contributed by atoms with Gasteiger partial charge in [0.1, 0.15) is 11.6 Å². The molecule has 0 saturated carbocycles. The predicted molar refractivity (Wildman–Crippen MR) is 61.9 cm³/mol. The monoisotopic (exact) mass is 255 g/mol. The van der Waals surface area contributed by atoms with Gasteiger partial charge in [-0.3, -0.25) is 9.69 Å². The van der Waals surface area contributed by atoms with Crippen LogP contribution in [0.4, 0.5) is 8.78 Å². The van der Waals surface area contributed by atoms with Crippen molar-refractivity contribution in [1.29, 1.82) is 0 Å². The van der Waals surface area contributed by atoms with Crippen LogP contribution in [0.3, 0.4) is 0 Å². The molecule has 0 aliphatic carbocycles. The fourth-order valence-electron chi connectivity index (χ4n) is 2.16. The van der Waals surface area contributed by atoms with Crippen molar-refractivity contribution in [2.24, 2.45) is 11.8 Å². The molecule has 2 rings (SSSR count). The van der Waals surface area contributed by atoms with Gasteiger partial charge in [0.2, 0.25) is 0 Å². The highest BCUT2D eigenvalue weighted by Gasteiger charge is 2.34. The molecule has 0 spiro atoms. The van der Waals surface area contributed by atoms with E-state index >= 15 is 0 Å². The SMILES string of the molecule is CC(C(=O)O)C1CN(Cc2cc(F)ccc2F)C1. The van der Waals surface area contributed by atoms with Gasteiger partial charge in [0, 0.05) is 25.2 Å². The van der Waals surface area contributed by atoms with E-state index in [4.69, 9.17) is 5.11 Å². The van der Waals surface area contributed by atoms with Gasteiger partial charge in [0.15, 0.2) is 0 Å². The second kappa shape index (κ2) is 5.02. The lowest BCUT2D eigenvalue weighted by molar-refractivity contribution is -0.145. The molecule has 1 atom stereocenters. The Morgan fingerprint density at radius 1 is 1.50 bits per heavy atom. The van der Waals surface area contributed by atoms with Gasteiger partial charge in [-0.1, -0.05) is 6.92 Å². The highest BCUT2D eigenvalue weighted by atomic mass is 19.1. The Labute approximate surface area is 104 Å².